The molecule has 1 aromatic rings. The molecule has 1 aromatic carbocycles. The summed E-state index contributed by atoms with van der Waals surface area (Å²) in [5, 5.41) is 3.06. The van der Waals surface area contributed by atoms with Crippen molar-refractivity contribution in [2.45, 2.75) is 37.9 Å². The first-order valence-corrected chi connectivity index (χ1v) is 7.49. The van der Waals surface area contributed by atoms with Crippen LogP contribution in [0.5, 0.6) is 0 Å². The van der Waals surface area contributed by atoms with Crippen molar-refractivity contribution in [3.63, 3.8) is 0 Å². The number of nitrogens with one attached hydrogen (secondary N) is 1. The van der Waals surface area contributed by atoms with Gasteiger partial charge in [0.25, 0.3) is 5.91 Å². The highest BCUT2D eigenvalue weighted by atomic mass is 79.9. The van der Waals surface area contributed by atoms with Crippen molar-refractivity contribution in [1.29, 1.82) is 0 Å². The third kappa shape index (κ3) is 3.14. The van der Waals surface area contributed by atoms with E-state index in [-0.39, 0.29) is 5.91 Å². The molecule has 98 valence electrons. The summed E-state index contributed by atoms with van der Waals surface area (Å²) in [6, 6.07) is 5.96. The zero-order valence-corrected chi connectivity index (χ0v) is 12.6. The summed E-state index contributed by atoms with van der Waals surface area (Å²) in [4.78, 5) is 12.7. The Hall–Kier alpha value is -0.830. The van der Waals surface area contributed by atoms with Crippen LogP contribution in [0.3, 0.4) is 0 Å². The standard InChI is InChI=1S/C15H20BrNO/c1-10-6-7-13(11(2)8-10)15(18)17-9-12-4-3-5-14(12)16/h6-8,12,14H,3-5,9H2,1-2H3,(H,17,18). The molecular formula is C15H20BrNO. The molecule has 1 amide bonds. The number of amides is 1. The Bertz CT molecular complexity index is 444. The SMILES string of the molecule is Cc1ccc(C(=O)NCC2CCCC2Br)c(C)c1. The molecule has 1 aliphatic carbocycles. The third-order valence-electron chi connectivity index (χ3n) is 3.72. The van der Waals surface area contributed by atoms with Crippen molar-refractivity contribution in [3.8, 4) is 0 Å². The fraction of sp³-hybridized carbons (Fsp3) is 0.533. The minimum atomic E-state index is 0.0547. The number of carbonyl (C=O) groups is 1. The summed E-state index contributed by atoms with van der Waals surface area (Å²) in [5.41, 5.74) is 3.04. The molecule has 2 rings (SSSR count). The Morgan fingerprint density at radius 1 is 1.39 bits per heavy atom. The number of alkyl halides is 1. The van der Waals surface area contributed by atoms with Crippen molar-refractivity contribution in [3.05, 3.63) is 34.9 Å². The van der Waals surface area contributed by atoms with Gasteiger partial charge in [-0.05, 0) is 44.2 Å². The van der Waals surface area contributed by atoms with E-state index < -0.39 is 0 Å². The van der Waals surface area contributed by atoms with Crippen LogP contribution in [0.25, 0.3) is 0 Å². The maximum atomic E-state index is 12.1. The molecule has 18 heavy (non-hydrogen) atoms. The van der Waals surface area contributed by atoms with Gasteiger partial charge in [0.1, 0.15) is 0 Å². The van der Waals surface area contributed by atoms with Crippen molar-refractivity contribution < 1.29 is 4.79 Å². The number of hydrogen-bond donors (Lipinski definition) is 1. The summed E-state index contributed by atoms with van der Waals surface area (Å²) < 4.78 is 0. The van der Waals surface area contributed by atoms with E-state index in [0.29, 0.717) is 10.7 Å². The molecule has 1 aliphatic rings. The Labute approximate surface area is 117 Å². The Morgan fingerprint density at radius 3 is 2.78 bits per heavy atom. The van der Waals surface area contributed by atoms with Gasteiger partial charge in [-0.3, -0.25) is 4.79 Å². The zero-order valence-electron chi connectivity index (χ0n) is 11.0. The van der Waals surface area contributed by atoms with E-state index in [1.54, 1.807) is 0 Å². The van der Waals surface area contributed by atoms with Crippen LogP contribution < -0.4 is 5.32 Å². The van der Waals surface area contributed by atoms with Crippen molar-refractivity contribution >= 4 is 21.8 Å². The highest BCUT2D eigenvalue weighted by Gasteiger charge is 2.25. The van der Waals surface area contributed by atoms with E-state index in [1.165, 1.54) is 24.8 Å². The molecule has 0 saturated heterocycles. The number of aryl methyl sites for hydroxylation is 2. The minimum Gasteiger partial charge on any atom is -0.352 e. The lowest BCUT2D eigenvalue weighted by Gasteiger charge is -2.15. The number of benzene rings is 1. The van der Waals surface area contributed by atoms with Gasteiger partial charge in [0, 0.05) is 16.9 Å². The predicted octanol–water partition coefficient (Wildman–Crippen LogP) is 3.60. The highest BCUT2D eigenvalue weighted by Crippen LogP contribution is 2.30. The molecule has 1 fully saturated rings. The molecule has 0 heterocycles. The Kier molecular flexibility index (Phi) is 4.44. The van der Waals surface area contributed by atoms with Gasteiger partial charge in [0.15, 0.2) is 0 Å². The van der Waals surface area contributed by atoms with Crippen molar-refractivity contribution in [2.24, 2.45) is 5.92 Å². The van der Waals surface area contributed by atoms with Gasteiger partial charge in [0.2, 0.25) is 0 Å². The summed E-state index contributed by atoms with van der Waals surface area (Å²) in [6.07, 6.45) is 3.70. The summed E-state index contributed by atoms with van der Waals surface area (Å²) in [5.74, 6) is 0.638. The molecule has 3 heteroatoms. The zero-order chi connectivity index (χ0) is 13.1. The van der Waals surface area contributed by atoms with E-state index in [2.05, 4.69) is 27.3 Å². The number of halogens is 1. The van der Waals surface area contributed by atoms with Crippen LogP contribution in [0.4, 0.5) is 0 Å². The first-order valence-electron chi connectivity index (χ1n) is 6.57. The largest absolute Gasteiger partial charge is 0.352 e. The first kappa shape index (κ1) is 13.6. The van der Waals surface area contributed by atoms with Gasteiger partial charge in [-0.25, -0.2) is 0 Å². The van der Waals surface area contributed by atoms with Crippen LogP contribution in [0, 0.1) is 19.8 Å². The van der Waals surface area contributed by atoms with Crippen LogP contribution in [-0.2, 0) is 0 Å². The van der Waals surface area contributed by atoms with Crippen LogP contribution in [0.15, 0.2) is 18.2 Å². The molecule has 2 nitrogen and oxygen atoms in total. The predicted molar refractivity (Wildman–Crippen MR) is 78.3 cm³/mol. The lowest BCUT2D eigenvalue weighted by atomic mass is 10.0. The molecular weight excluding hydrogens is 290 g/mol. The Morgan fingerprint density at radius 2 is 2.17 bits per heavy atom. The maximum absolute atomic E-state index is 12.1. The summed E-state index contributed by atoms with van der Waals surface area (Å²) in [7, 11) is 0. The van der Waals surface area contributed by atoms with Gasteiger partial charge in [-0.1, -0.05) is 40.0 Å². The van der Waals surface area contributed by atoms with E-state index in [4.69, 9.17) is 0 Å². The van der Waals surface area contributed by atoms with E-state index in [1.807, 2.05) is 26.0 Å². The first-order chi connectivity index (χ1) is 8.58. The van der Waals surface area contributed by atoms with Crippen molar-refractivity contribution in [2.75, 3.05) is 6.54 Å². The number of hydrogen-bond acceptors (Lipinski definition) is 1. The molecule has 0 radical (unpaired) electrons. The molecule has 0 bridgehead atoms. The van der Waals surface area contributed by atoms with Crippen LogP contribution in [-0.4, -0.2) is 17.3 Å². The average molecular weight is 310 g/mol. The van der Waals surface area contributed by atoms with Gasteiger partial charge in [-0.2, -0.15) is 0 Å². The monoisotopic (exact) mass is 309 g/mol. The average Bonchev–Trinajstić information content (AvgIpc) is 2.72. The number of carbonyl (C=O) groups excluding carboxylic acids is 1. The molecule has 0 aliphatic heterocycles. The topological polar surface area (TPSA) is 29.1 Å². The van der Waals surface area contributed by atoms with E-state index in [0.717, 1.165) is 17.7 Å². The second kappa shape index (κ2) is 5.87. The third-order valence-corrected chi connectivity index (χ3v) is 4.92. The smallest absolute Gasteiger partial charge is 0.251 e. The normalized spacial score (nSPS) is 23.1. The summed E-state index contributed by atoms with van der Waals surface area (Å²) in [6.45, 7) is 4.81. The molecule has 0 spiro atoms. The molecule has 1 saturated carbocycles. The van der Waals surface area contributed by atoms with Gasteiger partial charge >= 0.3 is 0 Å². The van der Waals surface area contributed by atoms with Crippen LogP contribution in [0.2, 0.25) is 0 Å². The molecule has 1 N–H and O–H groups in total. The fourth-order valence-corrected chi connectivity index (χ4v) is 3.38. The quantitative estimate of drug-likeness (QED) is 0.849. The van der Waals surface area contributed by atoms with Gasteiger partial charge in [-0.15, -0.1) is 0 Å². The van der Waals surface area contributed by atoms with Crippen LogP contribution in [0.1, 0.15) is 40.7 Å². The second-order valence-corrected chi connectivity index (χ2v) is 6.41. The van der Waals surface area contributed by atoms with Gasteiger partial charge in [0.05, 0.1) is 0 Å². The number of rotatable bonds is 3. The van der Waals surface area contributed by atoms with Crippen LogP contribution >= 0.6 is 15.9 Å². The highest BCUT2D eigenvalue weighted by molar-refractivity contribution is 9.09. The molecule has 2 atom stereocenters. The molecule has 2 unspecified atom stereocenters. The van der Waals surface area contributed by atoms with E-state index in [9.17, 15) is 4.79 Å². The second-order valence-electron chi connectivity index (χ2n) is 5.24. The van der Waals surface area contributed by atoms with Crippen molar-refractivity contribution in [1.82, 2.24) is 5.32 Å². The lowest BCUT2D eigenvalue weighted by Crippen LogP contribution is -2.31. The lowest BCUT2D eigenvalue weighted by molar-refractivity contribution is 0.0947. The molecule has 0 aromatic heterocycles. The summed E-state index contributed by atoms with van der Waals surface area (Å²) >= 11 is 3.68. The fourth-order valence-electron chi connectivity index (χ4n) is 2.61. The van der Waals surface area contributed by atoms with E-state index >= 15 is 0 Å². The minimum absolute atomic E-state index is 0.0547. The van der Waals surface area contributed by atoms with Gasteiger partial charge < -0.3 is 5.32 Å². The Balaban J connectivity index is 1.95. The maximum Gasteiger partial charge on any atom is 0.251 e.